The largest absolute Gasteiger partial charge is 0.322 e. The van der Waals surface area contributed by atoms with E-state index < -0.39 is 10.0 Å². The number of sulfonamides is 1. The molecule has 0 spiro atoms. The summed E-state index contributed by atoms with van der Waals surface area (Å²) in [4.78, 5) is 12.7. The van der Waals surface area contributed by atoms with Gasteiger partial charge in [0.1, 0.15) is 0 Å². The van der Waals surface area contributed by atoms with E-state index in [0.717, 1.165) is 10.8 Å². The molecule has 4 aromatic carbocycles. The lowest BCUT2D eigenvalue weighted by Gasteiger charge is -2.10. The van der Waals surface area contributed by atoms with E-state index in [4.69, 9.17) is 0 Å². The van der Waals surface area contributed by atoms with E-state index in [2.05, 4.69) is 10.0 Å². The predicted octanol–water partition coefficient (Wildman–Crippen LogP) is 4.89. The van der Waals surface area contributed by atoms with Crippen molar-refractivity contribution in [2.45, 2.75) is 4.90 Å². The van der Waals surface area contributed by atoms with Gasteiger partial charge in [-0.3, -0.25) is 9.52 Å². The normalized spacial score (nSPS) is 11.2. The van der Waals surface area contributed by atoms with Crippen LogP contribution < -0.4 is 10.0 Å². The zero-order chi connectivity index (χ0) is 20.3. The van der Waals surface area contributed by atoms with E-state index in [1.165, 1.54) is 12.1 Å². The van der Waals surface area contributed by atoms with Crippen molar-refractivity contribution in [2.24, 2.45) is 0 Å². The van der Waals surface area contributed by atoms with Crippen LogP contribution in [0, 0.1) is 0 Å². The van der Waals surface area contributed by atoms with Gasteiger partial charge in [0.25, 0.3) is 15.9 Å². The number of nitrogens with one attached hydrogen (secondary N) is 2. The summed E-state index contributed by atoms with van der Waals surface area (Å²) in [5.74, 6) is -0.266. The smallest absolute Gasteiger partial charge is 0.261 e. The summed E-state index contributed by atoms with van der Waals surface area (Å²) in [5.41, 5.74) is 1.51. The van der Waals surface area contributed by atoms with Crippen molar-refractivity contribution in [1.82, 2.24) is 0 Å². The van der Waals surface area contributed by atoms with Crippen LogP contribution in [0.3, 0.4) is 0 Å². The quantitative estimate of drug-likeness (QED) is 0.499. The maximum absolute atomic E-state index is 12.5. The summed E-state index contributed by atoms with van der Waals surface area (Å²) in [6.45, 7) is 0. The molecule has 0 atom stereocenters. The van der Waals surface area contributed by atoms with Gasteiger partial charge in [0.05, 0.1) is 4.90 Å². The summed E-state index contributed by atoms with van der Waals surface area (Å²) < 4.78 is 27.3. The second kappa shape index (κ2) is 7.77. The van der Waals surface area contributed by atoms with E-state index in [-0.39, 0.29) is 10.8 Å². The summed E-state index contributed by atoms with van der Waals surface area (Å²) in [7, 11) is -3.67. The monoisotopic (exact) mass is 402 g/mol. The Labute approximate surface area is 169 Å². The highest BCUT2D eigenvalue weighted by molar-refractivity contribution is 7.92. The van der Waals surface area contributed by atoms with Gasteiger partial charge >= 0.3 is 0 Å². The summed E-state index contributed by atoms with van der Waals surface area (Å²) in [6.07, 6.45) is 0. The van der Waals surface area contributed by atoms with Crippen LogP contribution in [0.25, 0.3) is 10.8 Å². The minimum Gasteiger partial charge on any atom is -0.322 e. The second-order valence-electron chi connectivity index (χ2n) is 6.51. The van der Waals surface area contributed by atoms with Gasteiger partial charge in [0, 0.05) is 16.9 Å². The minimum absolute atomic E-state index is 0.179. The molecule has 0 bridgehead atoms. The van der Waals surface area contributed by atoms with Crippen LogP contribution in [0.2, 0.25) is 0 Å². The molecular weight excluding hydrogens is 384 g/mol. The van der Waals surface area contributed by atoms with Crippen molar-refractivity contribution in [3.05, 3.63) is 103 Å². The van der Waals surface area contributed by atoms with Gasteiger partial charge in [-0.1, -0.05) is 48.5 Å². The van der Waals surface area contributed by atoms with Gasteiger partial charge in [0.15, 0.2) is 0 Å². The number of fused-ring (bicyclic) bond motifs is 1. The first-order chi connectivity index (χ1) is 14.0. The summed E-state index contributed by atoms with van der Waals surface area (Å²) in [6, 6.07) is 28.0. The lowest BCUT2D eigenvalue weighted by atomic mass is 10.1. The number of carbonyl (C=O) groups excluding carboxylic acids is 1. The molecule has 2 N–H and O–H groups in total. The van der Waals surface area contributed by atoms with Crippen molar-refractivity contribution in [2.75, 3.05) is 10.0 Å². The SMILES string of the molecule is O=C(Nc1ccc2ccccc2c1)c1ccc(NS(=O)(=O)c2ccccc2)cc1. The average molecular weight is 402 g/mol. The molecule has 6 heteroatoms. The molecule has 0 aliphatic rings. The number of carbonyl (C=O) groups is 1. The van der Waals surface area contributed by atoms with Gasteiger partial charge in [-0.05, 0) is 59.3 Å². The van der Waals surface area contributed by atoms with Crippen molar-refractivity contribution in [1.29, 1.82) is 0 Å². The van der Waals surface area contributed by atoms with Crippen molar-refractivity contribution >= 4 is 38.1 Å². The lowest BCUT2D eigenvalue weighted by Crippen LogP contribution is -2.14. The standard InChI is InChI=1S/C23H18N2O3S/c26-23(24-21-15-10-17-6-4-5-7-19(17)16-21)18-11-13-20(14-12-18)25-29(27,28)22-8-2-1-3-9-22/h1-16,25H,(H,24,26). The first-order valence-corrected chi connectivity index (χ1v) is 10.5. The van der Waals surface area contributed by atoms with Crippen LogP contribution in [-0.4, -0.2) is 14.3 Å². The van der Waals surface area contributed by atoms with Gasteiger partial charge in [-0.2, -0.15) is 0 Å². The van der Waals surface area contributed by atoms with Crippen LogP contribution in [-0.2, 0) is 10.0 Å². The number of hydrogen-bond acceptors (Lipinski definition) is 3. The van der Waals surface area contributed by atoms with Crippen LogP contribution >= 0.6 is 0 Å². The van der Waals surface area contributed by atoms with E-state index in [1.807, 2.05) is 42.5 Å². The fourth-order valence-corrected chi connectivity index (χ4v) is 4.05. The van der Waals surface area contributed by atoms with Gasteiger partial charge < -0.3 is 5.32 Å². The molecule has 29 heavy (non-hydrogen) atoms. The second-order valence-corrected chi connectivity index (χ2v) is 8.19. The maximum Gasteiger partial charge on any atom is 0.261 e. The van der Waals surface area contributed by atoms with Gasteiger partial charge in [-0.25, -0.2) is 8.42 Å². The van der Waals surface area contributed by atoms with E-state index in [9.17, 15) is 13.2 Å². The first kappa shape index (κ1) is 18.7. The number of amides is 1. The molecule has 4 aromatic rings. The van der Waals surface area contributed by atoms with E-state index in [0.29, 0.717) is 16.9 Å². The third-order valence-corrected chi connectivity index (χ3v) is 5.86. The van der Waals surface area contributed by atoms with Gasteiger partial charge in [0.2, 0.25) is 0 Å². The number of benzene rings is 4. The zero-order valence-electron chi connectivity index (χ0n) is 15.4. The Hall–Kier alpha value is -3.64. The maximum atomic E-state index is 12.5. The minimum atomic E-state index is -3.67. The Morgan fingerprint density at radius 2 is 1.28 bits per heavy atom. The number of hydrogen-bond donors (Lipinski definition) is 2. The highest BCUT2D eigenvalue weighted by atomic mass is 32.2. The zero-order valence-corrected chi connectivity index (χ0v) is 16.2. The Bertz CT molecular complexity index is 1270. The molecule has 0 aliphatic heterocycles. The highest BCUT2D eigenvalue weighted by Crippen LogP contribution is 2.20. The molecule has 1 amide bonds. The summed E-state index contributed by atoms with van der Waals surface area (Å²) >= 11 is 0. The molecular formula is C23H18N2O3S. The first-order valence-electron chi connectivity index (χ1n) is 8.99. The average Bonchev–Trinajstić information content (AvgIpc) is 2.74. The Morgan fingerprint density at radius 3 is 2.00 bits per heavy atom. The summed E-state index contributed by atoms with van der Waals surface area (Å²) in [5, 5.41) is 5.00. The van der Waals surface area contributed by atoms with Crippen LogP contribution in [0.15, 0.2) is 102 Å². The van der Waals surface area contributed by atoms with E-state index >= 15 is 0 Å². The molecule has 4 rings (SSSR count). The molecule has 0 unspecified atom stereocenters. The molecule has 0 aromatic heterocycles. The lowest BCUT2D eigenvalue weighted by molar-refractivity contribution is 0.102. The predicted molar refractivity (Wildman–Crippen MR) is 116 cm³/mol. The third kappa shape index (κ3) is 4.28. The van der Waals surface area contributed by atoms with Crippen molar-refractivity contribution in [3.63, 3.8) is 0 Å². The van der Waals surface area contributed by atoms with E-state index in [1.54, 1.807) is 42.5 Å². The molecule has 0 saturated carbocycles. The molecule has 5 nitrogen and oxygen atoms in total. The Balaban J connectivity index is 1.47. The molecule has 0 heterocycles. The third-order valence-electron chi connectivity index (χ3n) is 4.46. The number of anilines is 2. The Morgan fingerprint density at radius 1 is 0.655 bits per heavy atom. The van der Waals surface area contributed by atoms with Gasteiger partial charge in [-0.15, -0.1) is 0 Å². The number of rotatable bonds is 5. The van der Waals surface area contributed by atoms with Crippen molar-refractivity contribution < 1.29 is 13.2 Å². The molecule has 0 radical (unpaired) electrons. The molecule has 0 fully saturated rings. The molecule has 144 valence electrons. The topological polar surface area (TPSA) is 75.3 Å². The van der Waals surface area contributed by atoms with Crippen molar-refractivity contribution in [3.8, 4) is 0 Å². The van der Waals surface area contributed by atoms with Crippen LogP contribution in [0.4, 0.5) is 11.4 Å². The Kier molecular flexibility index (Phi) is 5.01. The molecule has 0 aliphatic carbocycles. The fourth-order valence-electron chi connectivity index (χ4n) is 2.97. The van der Waals surface area contributed by atoms with Crippen LogP contribution in [0.1, 0.15) is 10.4 Å². The fraction of sp³-hybridized carbons (Fsp3) is 0. The molecule has 0 saturated heterocycles. The highest BCUT2D eigenvalue weighted by Gasteiger charge is 2.14. The van der Waals surface area contributed by atoms with Crippen LogP contribution in [0.5, 0.6) is 0 Å².